The molecule has 2 atom stereocenters. The highest BCUT2D eigenvalue weighted by molar-refractivity contribution is 5.16. The van der Waals surface area contributed by atoms with Crippen molar-refractivity contribution in [1.29, 1.82) is 0 Å². The van der Waals surface area contributed by atoms with Crippen molar-refractivity contribution in [2.45, 2.75) is 44.0 Å². The van der Waals surface area contributed by atoms with Crippen LogP contribution >= 0.6 is 0 Å². The first-order valence-corrected chi connectivity index (χ1v) is 6.34. The Balaban J connectivity index is 1.86. The van der Waals surface area contributed by atoms with Crippen LogP contribution in [0.3, 0.4) is 0 Å². The molecule has 1 fully saturated rings. The van der Waals surface area contributed by atoms with Gasteiger partial charge in [-0.2, -0.15) is 0 Å². The largest absolute Gasteiger partial charge is 0.396 e. The SMILES string of the molecule is OCCCC1(O)CCC1OCc1ccccc1F. The zero-order valence-corrected chi connectivity index (χ0v) is 10.3. The van der Waals surface area contributed by atoms with Gasteiger partial charge >= 0.3 is 0 Å². The Morgan fingerprint density at radius 1 is 1.39 bits per heavy atom. The lowest BCUT2D eigenvalue weighted by molar-refractivity contribution is -0.182. The summed E-state index contributed by atoms with van der Waals surface area (Å²) in [6.45, 7) is 0.251. The van der Waals surface area contributed by atoms with Crippen molar-refractivity contribution < 1.29 is 19.3 Å². The summed E-state index contributed by atoms with van der Waals surface area (Å²) in [5, 5.41) is 19.0. The number of ether oxygens (including phenoxy) is 1. The Hall–Kier alpha value is -0.970. The van der Waals surface area contributed by atoms with Gasteiger partial charge in [-0.1, -0.05) is 18.2 Å². The van der Waals surface area contributed by atoms with E-state index in [4.69, 9.17) is 9.84 Å². The van der Waals surface area contributed by atoms with Crippen LogP contribution < -0.4 is 0 Å². The predicted molar refractivity (Wildman–Crippen MR) is 65.5 cm³/mol. The van der Waals surface area contributed by atoms with Crippen molar-refractivity contribution in [2.75, 3.05) is 6.61 Å². The van der Waals surface area contributed by atoms with Gasteiger partial charge in [0.15, 0.2) is 0 Å². The van der Waals surface area contributed by atoms with Crippen LogP contribution in [0.4, 0.5) is 4.39 Å². The molecule has 1 aliphatic rings. The molecule has 1 aliphatic carbocycles. The molecule has 1 aromatic rings. The second-order valence-corrected chi connectivity index (χ2v) is 4.86. The van der Waals surface area contributed by atoms with Crippen molar-refractivity contribution in [3.63, 3.8) is 0 Å². The van der Waals surface area contributed by atoms with E-state index < -0.39 is 5.60 Å². The van der Waals surface area contributed by atoms with Crippen molar-refractivity contribution in [3.8, 4) is 0 Å². The molecule has 0 saturated heterocycles. The van der Waals surface area contributed by atoms with E-state index >= 15 is 0 Å². The molecular weight excluding hydrogens is 235 g/mol. The third-order valence-corrected chi connectivity index (χ3v) is 3.60. The van der Waals surface area contributed by atoms with Gasteiger partial charge in [-0.3, -0.25) is 0 Å². The number of hydrogen-bond acceptors (Lipinski definition) is 3. The Labute approximate surface area is 106 Å². The second kappa shape index (κ2) is 5.78. The Bertz CT molecular complexity index is 396. The number of aliphatic hydroxyl groups is 2. The van der Waals surface area contributed by atoms with E-state index in [2.05, 4.69) is 0 Å². The normalized spacial score (nSPS) is 26.9. The smallest absolute Gasteiger partial charge is 0.128 e. The number of halogens is 1. The first-order valence-electron chi connectivity index (χ1n) is 6.34. The summed E-state index contributed by atoms with van der Waals surface area (Å²) in [5.41, 5.74) is -0.331. The van der Waals surface area contributed by atoms with Gasteiger partial charge in [0.2, 0.25) is 0 Å². The summed E-state index contributed by atoms with van der Waals surface area (Å²) in [4.78, 5) is 0. The fourth-order valence-corrected chi connectivity index (χ4v) is 2.31. The van der Waals surface area contributed by atoms with Gasteiger partial charge in [-0.15, -0.1) is 0 Å². The molecule has 0 bridgehead atoms. The van der Waals surface area contributed by atoms with Crippen LogP contribution in [0.15, 0.2) is 24.3 Å². The summed E-state index contributed by atoms with van der Waals surface area (Å²) in [6, 6.07) is 6.48. The zero-order chi connectivity index (χ0) is 13.0. The number of rotatable bonds is 6. The molecule has 0 heterocycles. The molecule has 2 unspecified atom stereocenters. The molecule has 2 N–H and O–H groups in total. The first-order chi connectivity index (χ1) is 8.65. The highest BCUT2D eigenvalue weighted by atomic mass is 19.1. The maximum Gasteiger partial charge on any atom is 0.128 e. The zero-order valence-electron chi connectivity index (χ0n) is 10.3. The van der Waals surface area contributed by atoms with E-state index in [1.807, 2.05) is 0 Å². The minimum atomic E-state index is -0.839. The number of benzene rings is 1. The summed E-state index contributed by atoms with van der Waals surface area (Å²) < 4.78 is 19.0. The van der Waals surface area contributed by atoms with Crippen LogP contribution in [0.25, 0.3) is 0 Å². The van der Waals surface area contributed by atoms with Crippen molar-refractivity contribution in [3.05, 3.63) is 35.6 Å². The molecule has 1 saturated carbocycles. The lowest BCUT2D eigenvalue weighted by Crippen LogP contribution is -2.52. The molecular formula is C14H19FO3. The molecule has 0 radical (unpaired) electrons. The van der Waals surface area contributed by atoms with Gasteiger partial charge in [0.25, 0.3) is 0 Å². The van der Waals surface area contributed by atoms with Gasteiger partial charge in [0.05, 0.1) is 18.3 Å². The summed E-state index contributed by atoms with van der Waals surface area (Å²) >= 11 is 0. The van der Waals surface area contributed by atoms with Crippen LogP contribution in [0.2, 0.25) is 0 Å². The lowest BCUT2D eigenvalue weighted by Gasteiger charge is -2.45. The van der Waals surface area contributed by atoms with Crippen LogP contribution in [0.5, 0.6) is 0 Å². The van der Waals surface area contributed by atoms with E-state index in [9.17, 15) is 9.50 Å². The van der Waals surface area contributed by atoms with Gasteiger partial charge in [0.1, 0.15) is 5.82 Å². The second-order valence-electron chi connectivity index (χ2n) is 4.86. The molecule has 100 valence electrons. The fraction of sp³-hybridized carbons (Fsp3) is 0.571. The number of hydrogen-bond donors (Lipinski definition) is 2. The minimum absolute atomic E-state index is 0.0718. The van der Waals surface area contributed by atoms with Crippen LogP contribution in [-0.2, 0) is 11.3 Å². The lowest BCUT2D eigenvalue weighted by atomic mass is 9.74. The maximum absolute atomic E-state index is 13.4. The molecule has 0 amide bonds. The van der Waals surface area contributed by atoms with E-state index in [0.717, 1.165) is 6.42 Å². The van der Waals surface area contributed by atoms with Gasteiger partial charge in [-0.05, 0) is 31.7 Å². The topological polar surface area (TPSA) is 49.7 Å². The summed E-state index contributed by atoms with van der Waals surface area (Å²) in [7, 11) is 0. The molecule has 18 heavy (non-hydrogen) atoms. The average molecular weight is 254 g/mol. The highest BCUT2D eigenvalue weighted by Gasteiger charge is 2.45. The monoisotopic (exact) mass is 254 g/mol. The molecule has 4 heteroatoms. The Kier molecular flexibility index (Phi) is 4.32. The summed E-state index contributed by atoms with van der Waals surface area (Å²) in [5.74, 6) is -0.282. The van der Waals surface area contributed by atoms with Crippen LogP contribution in [0.1, 0.15) is 31.2 Å². The quantitative estimate of drug-likeness (QED) is 0.816. The third-order valence-electron chi connectivity index (χ3n) is 3.60. The van der Waals surface area contributed by atoms with Crippen molar-refractivity contribution in [2.24, 2.45) is 0 Å². The van der Waals surface area contributed by atoms with Crippen molar-refractivity contribution >= 4 is 0 Å². The van der Waals surface area contributed by atoms with Crippen molar-refractivity contribution in [1.82, 2.24) is 0 Å². The molecule has 0 aliphatic heterocycles. The average Bonchev–Trinajstić information content (AvgIpc) is 2.37. The number of aliphatic hydroxyl groups excluding tert-OH is 1. The minimum Gasteiger partial charge on any atom is -0.396 e. The van der Waals surface area contributed by atoms with Crippen LogP contribution in [0, 0.1) is 5.82 Å². The fourth-order valence-electron chi connectivity index (χ4n) is 2.31. The van der Waals surface area contributed by atoms with Gasteiger partial charge < -0.3 is 14.9 Å². The Morgan fingerprint density at radius 3 is 2.78 bits per heavy atom. The van der Waals surface area contributed by atoms with E-state index in [-0.39, 0.29) is 25.1 Å². The third kappa shape index (κ3) is 2.88. The molecule has 2 rings (SSSR count). The Morgan fingerprint density at radius 2 is 2.17 bits per heavy atom. The van der Waals surface area contributed by atoms with E-state index in [0.29, 0.717) is 24.8 Å². The van der Waals surface area contributed by atoms with E-state index in [1.165, 1.54) is 6.07 Å². The molecule has 0 aromatic heterocycles. The summed E-state index contributed by atoms with van der Waals surface area (Å²) in [6.07, 6.45) is 2.33. The molecule has 3 nitrogen and oxygen atoms in total. The predicted octanol–water partition coefficient (Wildman–Crippen LogP) is 2.01. The van der Waals surface area contributed by atoms with Gasteiger partial charge in [0, 0.05) is 12.2 Å². The first kappa shape index (κ1) is 13.5. The van der Waals surface area contributed by atoms with Crippen LogP contribution in [-0.4, -0.2) is 28.5 Å². The van der Waals surface area contributed by atoms with Gasteiger partial charge in [-0.25, -0.2) is 4.39 Å². The standard InChI is InChI=1S/C14H19FO3/c15-12-5-2-1-4-11(12)10-18-13-6-8-14(13,17)7-3-9-16/h1-2,4-5,13,16-17H,3,6-10H2. The highest BCUT2D eigenvalue weighted by Crippen LogP contribution is 2.38. The molecule has 1 aromatic carbocycles. The molecule has 0 spiro atoms. The van der Waals surface area contributed by atoms with E-state index in [1.54, 1.807) is 18.2 Å². The maximum atomic E-state index is 13.4.